The maximum Gasteiger partial charge on any atom is 0.337 e. The van der Waals surface area contributed by atoms with Crippen LogP contribution in [0.15, 0.2) is 18.2 Å². The van der Waals surface area contributed by atoms with E-state index in [1.807, 2.05) is 4.90 Å². The summed E-state index contributed by atoms with van der Waals surface area (Å²) in [5.74, 6) is -1.21. The van der Waals surface area contributed by atoms with E-state index in [-0.39, 0.29) is 18.1 Å². The lowest BCUT2D eigenvalue weighted by Gasteiger charge is -2.33. The lowest BCUT2D eigenvalue weighted by atomic mass is 9.97. The van der Waals surface area contributed by atoms with Crippen LogP contribution in [0.3, 0.4) is 0 Å². The average Bonchev–Trinajstić information content (AvgIpc) is 2.38. The summed E-state index contributed by atoms with van der Waals surface area (Å²) in [6, 6.07) is 3.72. The Labute approximate surface area is 105 Å². The quantitative estimate of drug-likeness (QED) is 0.861. The molecule has 5 heteroatoms. The van der Waals surface area contributed by atoms with Crippen molar-refractivity contribution in [2.24, 2.45) is 5.92 Å². The zero-order valence-corrected chi connectivity index (χ0v) is 9.97. The minimum atomic E-state index is -1.05. The van der Waals surface area contributed by atoms with Crippen LogP contribution in [0, 0.1) is 11.7 Å². The third-order valence-corrected chi connectivity index (χ3v) is 3.40. The first-order chi connectivity index (χ1) is 8.61. The maximum absolute atomic E-state index is 13.2. The Morgan fingerprint density at radius 3 is 2.61 bits per heavy atom. The first-order valence-electron chi connectivity index (χ1n) is 6.00. The molecule has 1 aromatic rings. The number of hydrogen-bond donors (Lipinski definition) is 2. The fourth-order valence-electron chi connectivity index (χ4n) is 2.30. The number of carboxylic acids is 1. The number of carboxylic acid groups (broad SMARTS) is 1. The van der Waals surface area contributed by atoms with Crippen molar-refractivity contribution in [2.45, 2.75) is 12.8 Å². The molecule has 0 bridgehead atoms. The molecule has 0 atom stereocenters. The molecule has 0 saturated carbocycles. The molecule has 0 aromatic heterocycles. The first-order valence-corrected chi connectivity index (χ1v) is 6.00. The molecule has 0 aliphatic carbocycles. The first kappa shape index (κ1) is 12.8. The van der Waals surface area contributed by atoms with Gasteiger partial charge in [-0.15, -0.1) is 0 Å². The molecular weight excluding hydrogens is 237 g/mol. The van der Waals surface area contributed by atoms with Crippen molar-refractivity contribution in [3.63, 3.8) is 0 Å². The van der Waals surface area contributed by atoms with Gasteiger partial charge in [0.1, 0.15) is 5.82 Å². The number of aromatic carboxylic acids is 1. The zero-order chi connectivity index (χ0) is 13.1. The predicted molar refractivity (Wildman–Crippen MR) is 65.4 cm³/mol. The summed E-state index contributed by atoms with van der Waals surface area (Å²) in [6.45, 7) is 1.45. The van der Waals surface area contributed by atoms with Gasteiger partial charge >= 0.3 is 5.97 Å². The number of anilines is 1. The molecule has 98 valence electrons. The van der Waals surface area contributed by atoms with Crippen LogP contribution in [0.2, 0.25) is 0 Å². The highest BCUT2D eigenvalue weighted by Gasteiger charge is 2.22. The highest BCUT2D eigenvalue weighted by atomic mass is 19.1. The van der Waals surface area contributed by atoms with Crippen LogP contribution in [0.4, 0.5) is 10.1 Å². The molecule has 18 heavy (non-hydrogen) atoms. The van der Waals surface area contributed by atoms with Crippen LogP contribution in [0.5, 0.6) is 0 Å². The number of nitrogens with zero attached hydrogens (tertiary/aromatic N) is 1. The Morgan fingerprint density at radius 1 is 1.39 bits per heavy atom. The molecule has 4 nitrogen and oxygen atoms in total. The van der Waals surface area contributed by atoms with E-state index in [0.717, 1.165) is 18.9 Å². The minimum absolute atomic E-state index is 0.124. The van der Waals surface area contributed by atoms with Gasteiger partial charge in [0.05, 0.1) is 11.3 Å². The fourth-order valence-corrected chi connectivity index (χ4v) is 2.30. The van der Waals surface area contributed by atoms with Crippen LogP contribution >= 0.6 is 0 Å². The summed E-state index contributed by atoms with van der Waals surface area (Å²) in [5.41, 5.74) is 0.553. The van der Waals surface area contributed by atoms with Gasteiger partial charge in [-0.3, -0.25) is 0 Å². The molecule has 1 heterocycles. The molecule has 0 unspecified atom stereocenters. The molecule has 1 aliphatic heterocycles. The molecule has 0 spiro atoms. The number of aliphatic hydroxyl groups excluding tert-OH is 1. The molecular formula is C13H16FNO3. The summed E-state index contributed by atoms with van der Waals surface area (Å²) in [6.07, 6.45) is 1.60. The number of piperidine rings is 1. The standard InChI is InChI=1S/C13H16FNO3/c14-10-1-2-11(13(17)18)12(7-10)15-5-3-9(8-16)4-6-15/h1-2,7,9,16H,3-6,8H2,(H,17,18). The van der Waals surface area contributed by atoms with Gasteiger partial charge in [0.15, 0.2) is 0 Å². The smallest absolute Gasteiger partial charge is 0.337 e. The fraction of sp³-hybridized carbons (Fsp3) is 0.462. The van der Waals surface area contributed by atoms with Gasteiger partial charge < -0.3 is 15.1 Å². The largest absolute Gasteiger partial charge is 0.478 e. The molecule has 0 radical (unpaired) electrons. The summed E-state index contributed by atoms with van der Waals surface area (Å²) in [5, 5.41) is 18.2. The van der Waals surface area contributed by atoms with E-state index in [4.69, 9.17) is 10.2 Å². The van der Waals surface area contributed by atoms with Crippen LogP contribution in [0.1, 0.15) is 23.2 Å². The van der Waals surface area contributed by atoms with Crippen molar-refractivity contribution >= 4 is 11.7 Å². The van der Waals surface area contributed by atoms with Gasteiger partial charge in [-0.05, 0) is 37.0 Å². The minimum Gasteiger partial charge on any atom is -0.478 e. The Kier molecular flexibility index (Phi) is 3.81. The van der Waals surface area contributed by atoms with E-state index in [1.165, 1.54) is 12.1 Å². The molecule has 2 N–H and O–H groups in total. The second kappa shape index (κ2) is 5.35. The molecule has 1 saturated heterocycles. The SMILES string of the molecule is O=C(O)c1ccc(F)cc1N1CCC(CO)CC1. The van der Waals surface area contributed by atoms with E-state index < -0.39 is 11.8 Å². The second-order valence-corrected chi connectivity index (χ2v) is 4.58. The number of hydrogen-bond acceptors (Lipinski definition) is 3. The number of benzene rings is 1. The lowest BCUT2D eigenvalue weighted by molar-refractivity contribution is 0.0697. The van der Waals surface area contributed by atoms with Gasteiger partial charge in [-0.2, -0.15) is 0 Å². The maximum atomic E-state index is 13.2. The van der Waals surface area contributed by atoms with Crippen LogP contribution in [0.25, 0.3) is 0 Å². The normalized spacial score (nSPS) is 16.9. The Hall–Kier alpha value is -1.62. The Bertz CT molecular complexity index is 442. The summed E-state index contributed by atoms with van der Waals surface area (Å²) >= 11 is 0. The van der Waals surface area contributed by atoms with Gasteiger partial charge in [0.2, 0.25) is 0 Å². The second-order valence-electron chi connectivity index (χ2n) is 4.58. The van der Waals surface area contributed by atoms with Crippen LogP contribution < -0.4 is 4.90 Å². The predicted octanol–water partition coefficient (Wildman–Crippen LogP) is 1.73. The summed E-state index contributed by atoms with van der Waals surface area (Å²) in [7, 11) is 0. The van der Waals surface area contributed by atoms with E-state index in [9.17, 15) is 9.18 Å². The average molecular weight is 253 g/mol. The van der Waals surface area contributed by atoms with Gasteiger partial charge in [0, 0.05) is 19.7 Å². The zero-order valence-electron chi connectivity index (χ0n) is 9.97. The molecule has 1 aliphatic rings. The summed E-state index contributed by atoms with van der Waals surface area (Å²) < 4.78 is 13.2. The van der Waals surface area contributed by atoms with Crippen LogP contribution in [-0.2, 0) is 0 Å². The molecule has 1 aromatic carbocycles. The van der Waals surface area contributed by atoms with Crippen molar-refractivity contribution in [2.75, 3.05) is 24.6 Å². The molecule has 0 amide bonds. The third kappa shape index (κ3) is 2.61. The third-order valence-electron chi connectivity index (χ3n) is 3.40. The Balaban J connectivity index is 2.22. The van der Waals surface area contributed by atoms with Crippen molar-refractivity contribution < 1.29 is 19.4 Å². The van der Waals surface area contributed by atoms with E-state index in [0.29, 0.717) is 18.8 Å². The van der Waals surface area contributed by atoms with Crippen molar-refractivity contribution in [3.05, 3.63) is 29.6 Å². The van der Waals surface area contributed by atoms with Crippen LogP contribution in [-0.4, -0.2) is 35.9 Å². The number of halogens is 1. The van der Waals surface area contributed by atoms with Crippen molar-refractivity contribution in [3.8, 4) is 0 Å². The van der Waals surface area contributed by atoms with E-state index in [2.05, 4.69) is 0 Å². The van der Waals surface area contributed by atoms with E-state index in [1.54, 1.807) is 0 Å². The van der Waals surface area contributed by atoms with Gasteiger partial charge in [-0.25, -0.2) is 9.18 Å². The number of aliphatic hydroxyl groups is 1. The van der Waals surface area contributed by atoms with Crippen molar-refractivity contribution in [1.82, 2.24) is 0 Å². The number of carbonyl (C=O) groups is 1. The molecule has 1 fully saturated rings. The topological polar surface area (TPSA) is 60.8 Å². The highest BCUT2D eigenvalue weighted by molar-refractivity contribution is 5.94. The van der Waals surface area contributed by atoms with Gasteiger partial charge in [0.25, 0.3) is 0 Å². The van der Waals surface area contributed by atoms with Gasteiger partial charge in [-0.1, -0.05) is 0 Å². The highest BCUT2D eigenvalue weighted by Crippen LogP contribution is 2.27. The Morgan fingerprint density at radius 2 is 2.06 bits per heavy atom. The van der Waals surface area contributed by atoms with Crippen molar-refractivity contribution in [1.29, 1.82) is 0 Å². The van der Waals surface area contributed by atoms with E-state index >= 15 is 0 Å². The molecule has 2 rings (SSSR count). The summed E-state index contributed by atoms with van der Waals surface area (Å²) in [4.78, 5) is 13.0. The monoisotopic (exact) mass is 253 g/mol. The lowest BCUT2D eigenvalue weighted by Crippen LogP contribution is -2.35. The number of rotatable bonds is 3.